The summed E-state index contributed by atoms with van der Waals surface area (Å²) >= 11 is 0. The largest absolute Gasteiger partial charge is 0.497 e. The van der Waals surface area contributed by atoms with Gasteiger partial charge in [0, 0.05) is 38.8 Å². The minimum atomic E-state index is -3.61. The summed E-state index contributed by atoms with van der Waals surface area (Å²) in [7, 11) is -0.595. The SMILES string of the molecule is COc1ccc(OC)c(S(=O)(=O)N2CCN(CCC3=CCCCC3)CC2)c1. The molecule has 1 aliphatic heterocycles. The molecule has 0 unspecified atom stereocenters. The number of nitrogens with zero attached hydrogens (tertiary/aromatic N) is 2. The summed E-state index contributed by atoms with van der Waals surface area (Å²) in [6.45, 7) is 3.54. The van der Waals surface area contributed by atoms with E-state index >= 15 is 0 Å². The van der Waals surface area contributed by atoms with E-state index in [-0.39, 0.29) is 4.90 Å². The molecule has 1 aliphatic carbocycles. The molecule has 0 spiro atoms. The zero-order valence-corrected chi connectivity index (χ0v) is 17.1. The molecule has 7 heteroatoms. The van der Waals surface area contributed by atoms with Gasteiger partial charge in [-0.15, -0.1) is 0 Å². The Kier molecular flexibility index (Phi) is 6.78. The molecular weight excluding hydrogens is 364 g/mol. The van der Waals surface area contributed by atoms with Crippen LogP contribution in [0.5, 0.6) is 11.5 Å². The molecule has 0 amide bonds. The van der Waals surface area contributed by atoms with Gasteiger partial charge in [-0.1, -0.05) is 11.6 Å². The van der Waals surface area contributed by atoms with E-state index in [4.69, 9.17) is 9.47 Å². The van der Waals surface area contributed by atoms with E-state index in [9.17, 15) is 8.42 Å². The number of methoxy groups -OCH3 is 2. The third kappa shape index (κ3) is 4.83. The van der Waals surface area contributed by atoms with Gasteiger partial charge in [0.25, 0.3) is 0 Å². The summed E-state index contributed by atoms with van der Waals surface area (Å²) in [4.78, 5) is 2.54. The van der Waals surface area contributed by atoms with Crippen LogP contribution in [0, 0.1) is 0 Å². The van der Waals surface area contributed by atoms with Gasteiger partial charge in [-0.25, -0.2) is 8.42 Å². The summed E-state index contributed by atoms with van der Waals surface area (Å²) in [6, 6.07) is 4.88. The lowest BCUT2D eigenvalue weighted by molar-refractivity contribution is 0.189. The van der Waals surface area contributed by atoms with E-state index in [1.807, 2.05) is 0 Å². The highest BCUT2D eigenvalue weighted by molar-refractivity contribution is 7.89. The molecule has 3 rings (SSSR count). The maximum absolute atomic E-state index is 13.1. The summed E-state index contributed by atoms with van der Waals surface area (Å²) < 4.78 is 38.2. The number of benzene rings is 1. The zero-order chi connectivity index (χ0) is 19.3. The van der Waals surface area contributed by atoms with Crippen molar-refractivity contribution >= 4 is 10.0 Å². The molecule has 0 aromatic heterocycles. The standard InChI is InChI=1S/C20H30N2O4S/c1-25-18-8-9-19(26-2)20(16-18)27(23,24)22-14-12-21(13-15-22)11-10-17-6-4-3-5-7-17/h6,8-9,16H,3-5,7,10-15H2,1-2H3. The normalized spacial score (nSPS) is 19.6. The van der Waals surface area contributed by atoms with Crippen LogP contribution in [0.3, 0.4) is 0 Å². The predicted molar refractivity (Wildman–Crippen MR) is 106 cm³/mol. The van der Waals surface area contributed by atoms with Gasteiger partial charge >= 0.3 is 0 Å². The van der Waals surface area contributed by atoms with Crippen LogP contribution in [0.4, 0.5) is 0 Å². The summed E-state index contributed by atoms with van der Waals surface area (Å²) in [5.41, 5.74) is 1.57. The number of rotatable bonds is 7. The van der Waals surface area contributed by atoms with Crippen molar-refractivity contribution in [1.29, 1.82) is 0 Å². The molecule has 0 saturated carbocycles. The zero-order valence-electron chi connectivity index (χ0n) is 16.3. The number of sulfonamides is 1. The molecule has 0 N–H and O–H groups in total. The van der Waals surface area contributed by atoms with Crippen molar-refractivity contribution in [2.75, 3.05) is 46.9 Å². The average Bonchev–Trinajstić information content (AvgIpc) is 2.72. The van der Waals surface area contributed by atoms with Crippen LogP contribution in [-0.4, -0.2) is 64.6 Å². The van der Waals surface area contributed by atoms with Crippen molar-refractivity contribution in [3.8, 4) is 11.5 Å². The van der Waals surface area contributed by atoms with Crippen LogP contribution in [-0.2, 0) is 10.0 Å². The first kappa shape index (κ1) is 20.2. The molecule has 6 nitrogen and oxygen atoms in total. The molecule has 1 saturated heterocycles. The first-order valence-corrected chi connectivity index (χ1v) is 11.1. The van der Waals surface area contributed by atoms with Crippen LogP contribution < -0.4 is 9.47 Å². The summed E-state index contributed by atoms with van der Waals surface area (Å²) in [5, 5.41) is 0. The molecule has 1 aromatic rings. The number of piperazine rings is 1. The Morgan fingerprint density at radius 1 is 1.04 bits per heavy atom. The molecule has 2 aliphatic rings. The second kappa shape index (κ2) is 9.08. The topological polar surface area (TPSA) is 59.1 Å². The van der Waals surface area contributed by atoms with Gasteiger partial charge < -0.3 is 14.4 Å². The van der Waals surface area contributed by atoms with Gasteiger partial charge in [0.2, 0.25) is 10.0 Å². The fourth-order valence-corrected chi connectivity index (χ4v) is 5.34. The van der Waals surface area contributed by atoms with Crippen LogP contribution in [0.2, 0.25) is 0 Å². The number of ether oxygens (including phenoxy) is 2. The molecule has 1 aromatic carbocycles. The smallest absolute Gasteiger partial charge is 0.246 e. The Balaban J connectivity index is 1.62. The second-order valence-corrected chi connectivity index (χ2v) is 9.03. The molecule has 1 fully saturated rings. The fraction of sp³-hybridized carbons (Fsp3) is 0.600. The number of allylic oxidation sites excluding steroid dienone is 1. The lowest BCUT2D eigenvalue weighted by atomic mass is 9.97. The van der Waals surface area contributed by atoms with Crippen molar-refractivity contribution in [2.24, 2.45) is 0 Å². The van der Waals surface area contributed by atoms with Crippen LogP contribution >= 0.6 is 0 Å². The van der Waals surface area contributed by atoms with E-state index in [2.05, 4.69) is 11.0 Å². The number of hydrogen-bond donors (Lipinski definition) is 0. The molecule has 150 valence electrons. The third-order valence-corrected chi connectivity index (χ3v) is 7.37. The highest BCUT2D eigenvalue weighted by Gasteiger charge is 2.31. The van der Waals surface area contributed by atoms with E-state index in [0.717, 1.165) is 26.1 Å². The first-order valence-electron chi connectivity index (χ1n) is 9.67. The molecule has 0 atom stereocenters. The lowest BCUT2D eigenvalue weighted by Crippen LogP contribution is -2.48. The van der Waals surface area contributed by atoms with Crippen LogP contribution in [0.1, 0.15) is 32.1 Å². The van der Waals surface area contributed by atoms with Crippen molar-refractivity contribution in [1.82, 2.24) is 9.21 Å². The molecule has 1 heterocycles. The van der Waals surface area contributed by atoms with Gasteiger partial charge in [-0.2, -0.15) is 4.31 Å². The highest BCUT2D eigenvalue weighted by Crippen LogP contribution is 2.31. The maximum atomic E-state index is 13.1. The van der Waals surface area contributed by atoms with Gasteiger partial charge in [0.15, 0.2) is 0 Å². The van der Waals surface area contributed by atoms with Gasteiger partial charge in [0.1, 0.15) is 16.4 Å². The highest BCUT2D eigenvalue weighted by atomic mass is 32.2. The minimum Gasteiger partial charge on any atom is -0.497 e. The Morgan fingerprint density at radius 3 is 2.44 bits per heavy atom. The van der Waals surface area contributed by atoms with E-state index in [1.165, 1.54) is 46.0 Å². The van der Waals surface area contributed by atoms with Gasteiger partial charge in [0.05, 0.1) is 14.2 Å². The summed E-state index contributed by atoms with van der Waals surface area (Å²) in [6.07, 6.45) is 8.55. The van der Waals surface area contributed by atoms with E-state index < -0.39 is 10.0 Å². The molecule has 0 bridgehead atoms. The Bertz CT molecular complexity index is 768. The quantitative estimate of drug-likeness (QED) is 0.666. The monoisotopic (exact) mass is 394 g/mol. The maximum Gasteiger partial charge on any atom is 0.246 e. The first-order chi connectivity index (χ1) is 13.0. The van der Waals surface area contributed by atoms with Gasteiger partial charge in [-0.05, 0) is 44.2 Å². The third-order valence-electron chi connectivity index (χ3n) is 5.45. The van der Waals surface area contributed by atoms with Crippen LogP contribution in [0.15, 0.2) is 34.7 Å². The van der Waals surface area contributed by atoms with Crippen molar-refractivity contribution in [3.63, 3.8) is 0 Å². The Morgan fingerprint density at radius 2 is 1.81 bits per heavy atom. The molecule has 27 heavy (non-hydrogen) atoms. The van der Waals surface area contributed by atoms with E-state index in [0.29, 0.717) is 24.6 Å². The lowest BCUT2D eigenvalue weighted by Gasteiger charge is -2.34. The van der Waals surface area contributed by atoms with Crippen molar-refractivity contribution in [3.05, 3.63) is 29.8 Å². The Hall–Kier alpha value is -1.57. The Labute approximate surface area is 162 Å². The van der Waals surface area contributed by atoms with Gasteiger partial charge in [-0.3, -0.25) is 0 Å². The molecule has 0 radical (unpaired) electrons. The predicted octanol–water partition coefficient (Wildman–Crippen LogP) is 2.90. The second-order valence-electron chi connectivity index (χ2n) is 7.12. The minimum absolute atomic E-state index is 0.171. The average molecular weight is 395 g/mol. The van der Waals surface area contributed by atoms with Crippen molar-refractivity contribution < 1.29 is 17.9 Å². The van der Waals surface area contributed by atoms with E-state index in [1.54, 1.807) is 22.0 Å². The van der Waals surface area contributed by atoms with Crippen molar-refractivity contribution in [2.45, 2.75) is 37.0 Å². The van der Waals surface area contributed by atoms with Crippen LogP contribution in [0.25, 0.3) is 0 Å². The fourth-order valence-electron chi connectivity index (χ4n) is 3.75. The number of hydrogen-bond acceptors (Lipinski definition) is 5. The summed E-state index contributed by atoms with van der Waals surface area (Å²) in [5.74, 6) is 0.858. The molecular formula is C20H30N2O4S.